The van der Waals surface area contributed by atoms with Crippen molar-refractivity contribution in [3.8, 4) is 0 Å². The molecule has 2 aromatic carbocycles. The first kappa shape index (κ1) is 20.8. The number of benzene rings is 2. The molecule has 0 spiro atoms. The maximum Gasteiger partial charge on any atom is 0.263 e. The Bertz CT molecular complexity index is 1160. The average molecular weight is 445 g/mol. The van der Waals surface area contributed by atoms with E-state index in [0.29, 0.717) is 32.4 Å². The van der Waals surface area contributed by atoms with Crippen molar-refractivity contribution in [3.63, 3.8) is 0 Å². The molecule has 0 radical (unpaired) electrons. The quantitative estimate of drug-likeness (QED) is 0.663. The fourth-order valence-electron chi connectivity index (χ4n) is 3.86. The van der Waals surface area contributed by atoms with Gasteiger partial charge in [-0.05, 0) is 49.1 Å². The minimum atomic E-state index is -3.69. The molecule has 0 fully saturated rings. The number of hydrogen-bond acceptors (Lipinski definition) is 4. The van der Waals surface area contributed by atoms with E-state index < -0.39 is 26.1 Å². The highest BCUT2D eigenvalue weighted by molar-refractivity contribution is 7.89. The number of rotatable bonds is 5. The highest BCUT2D eigenvalue weighted by Crippen LogP contribution is 2.31. The summed E-state index contributed by atoms with van der Waals surface area (Å²) < 4.78 is 55.5. The summed E-state index contributed by atoms with van der Waals surface area (Å²) >= 11 is 0. The van der Waals surface area contributed by atoms with Crippen LogP contribution in [0.3, 0.4) is 0 Å². The van der Waals surface area contributed by atoms with Crippen molar-refractivity contribution in [2.24, 2.45) is 0 Å². The molecule has 1 atom stereocenters. The highest BCUT2D eigenvalue weighted by atomic mass is 32.2. The standard InChI is InChI=1S/C22H24N2O4S2/c25-29(26,20-11-3-1-4-12-20)23-16-9-10-19(18-23)22-15-7-8-17-24(22)30(27,28)21-13-5-2-6-14-21/h1-7,11-15,18,22H,8-10,16-17H2. The molecule has 158 valence electrons. The lowest BCUT2D eigenvalue weighted by atomic mass is 9.98. The lowest BCUT2D eigenvalue weighted by Crippen LogP contribution is -2.44. The van der Waals surface area contributed by atoms with Crippen molar-refractivity contribution >= 4 is 20.0 Å². The molecule has 30 heavy (non-hydrogen) atoms. The number of nitrogens with zero attached hydrogens (tertiary/aromatic N) is 2. The minimum Gasteiger partial charge on any atom is -0.273 e. The molecule has 8 heteroatoms. The van der Waals surface area contributed by atoms with Crippen LogP contribution < -0.4 is 0 Å². The van der Waals surface area contributed by atoms with Crippen molar-refractivity contribution in [1.29, 1.82) is 0 Å². The second kappa shape index (κ2) is 8.37. The van der Waals surface area contributed by atoms with E-state index >= 15 is 0 Å². The third-order valence-electron chi connectivity index (χ3n) is 5.38. The van der Waals surface area contributed by atoms with E-state index in [-0.39, 0.29) is 9.79 Å². The lowest BCUT2D eigenvalue weighted by molar-refractivity contribution is 0.362. The lowest BCUT2D eigenvalue weighted by Gasteiger charge is -2.36. The molecule has 1 unspecified atom stereocenters. The van der Waals surface area contributed by atoms with Gasteiger partial charge in [0.15, 0.2) is 0 Å². The van der Waals surface area contributed by atoms with Crippen LogP contribution in [0, 0.1) is 0 Å². The highest BCUT2D eigenvalue weighted by Gasteiger charge is 2.35. The van der Waals surface area contributed by atoms with E-state index in [9.17, 15) is 16.8 Å². The number of hydrogen-bond donors (Lipinski definition) is 0. The Morgan fingerprint density at radius 2 is 1.37 bits per heavy atom. The fourth-order valence-corrected chi connectivity index (χ4v) is 6.90. The smallest absolute Gasteiger partial charge is 0.263 e. The number of sulfonamides is 2. The molecule has 0 saturated heterocycles. The molecule has 0 bridgehead atoms. The van der Waals surface area contributed by atoms with Crippen molar-refractivity contribution in [2.75, 3.05) is 13.1 Å². The molecule has 6 nitrogen and oxygen atoms in total. The summed E-state index contributed by atoms with van der Waals surface area (Å²) in [4.78, 5) is 0.478. The van der Waals surface area contributed by atoms with E-state index in [1.807, 2.05) is 12.2 Å². The van der Waals surface area contributed by atoms with E-state index in [2.05, 4.69) is 0 Å². The van der Waals surface area contributed by atoms with Crippen molar-refractivity contribution in [2.45, 2.75) is 35.1 Å². The molecule has 2 aliphatic heterocycles. The summed E-state index contributed by atoms with van der Waals surface area (Å²) in [6, 6.07) is 16.2. The van der Waals surface area contributed by atoms with Gasteiger partial charge in [0.25, 0.3) is 10.0 Å². The molecule has 2 aliphatic rings. The minimum absolute atomic E-state index is 0.232. The maximum absolute atomic E-state index is 13.3. The van der Waals surface area contributed by atoms with Gasteiger partial charge < -0.3 is 0 Å². The zero-order valence-electron chi connectivity index (χ0n) is 16.5. The summed E-state index contributed by atoms with van der Waals surface area (Å²) in [6.45, 7) is 0.740. The van der Waals surface area contributed by atoms with Crippen molar-refractivity contribution in [3.05, 3.63) is 84.6 Å². The van der Waals surface area contributed by atoms with Gasteiger partial charge in [0.05, 0.1) is 15.8 Å². The Labute approximate surface area is 178 Å². The van der Waals surface area contributed by atoms with E-state index in [1.54, 1.807) is 66.9 Å². The Hall–Kier alpha value is -2.42. The normalized spacial score (nSPS) is 20.7. The van der Waals surface area contributed by atoms with Crippen LogP contribution in [0.2, 0.25) is 0 Å². The van der Waals surface area contributed by atoms with Crippen LogP contribution in [-0.2, 0) is 20.0 Å². The topological polar surface area (TPSA) is 74.8 Å². The summed E-state index contributed by atoms with van der Waals surface area (Å²) in [7, 11) is -7.37. The molecule has 0 amide bonds. The van der Waals surface area contributed by atoms with Gasteiger partial charge >= 0.3 is 0 Å². The van der Waals surface area contributed by atoms with Crippen LogP contribution in [0.1, 0.15) is 19.3 Å². The van der Waals surface area contributed by atoms with Gasteiger partial charge in [-0.3, -0.25) is 4.31 Å². The Morgan fingerprint density at radius 1 is 0.767 bits per heavy atom. The summed E-state index contributed by atoms with van der Waals surface area (Å²) in [5, 5.41) is 0. The van der Waals surface area contributed by atoms with Crippen LogP contribution in [0.15, 0.2) is 94.4 Å². The van der Waals surface area contributed by atoms with E-state index in [0.717, 1.165) is 5.57 Å². The Balaban J connectivity index is 1.69. The predicted octanol–water partition coefficient (Wildman–Crippen LogP) is 3.37. The molecule has 0 aliphatic carbocycles. The third kappa shape index (κ3) is 3.95. The second-order valence-corrected chi connectivity index (χ2v) is 11.1. The SMILES string of the molecule is O=S(=O)(c1ccccc1)N1C=C(C2C=CCCN2S(=O)(=O)c2ccccc2)CCC1. The Kier molecular flexibility index (Phi) is 5.81. The first-order valence-corrected chi connectivity index (χ1v) is 12.8. The van der Waals surface area contributed by atoms with Crippen molar-refractivity contribution < 1.29 is 16.8 Å². The van der Waals surface area contributed by atoms with Crippen LogP contribution >= 0.6 is 0 Å². The monoisotopic (exact) mass is 444 g/mol. The first-order valence-electron chi connectivity index (χ1n) is 9.92. The van der Waals surface area contributed by atoms with Gasteiger partial charge in [0, 0.05) is 19.3 Å². The van der Waals surface area contributed by atoms with E-state index in [4.69, 9.17) is 0 Å². The first-order chi connectivity index (χ1) is 14.4. The molecule has 0 aromatic heterocycles. The summed E-state index contributed by atoms with van der Waals surface area (Å²) in [5.41, 5.74) is 0.788. The fraction of sp³-hybridized carbons (Fsp3) is 0.273. The largest absolute Gasteiger partial charge is 0.273 e. The maximum atomic E-state index is 13.3. The average Bonchev–Trinajstić information content (AvgIpc) is 2.80. The predicted molar refractivity (Wildman–Crippen MR) is 116 cm³/mol. The van der Waals surface area contributed by atoms with Gasteiger partial charge in [0.1, 0.15) is 0 Å². The van der Waals surface area contributed by atoms with Gasteiger partial charge in [-0.2, -0.15) is 4.31 Å². The van der Waals surface area contributed by atoms with E-state index in [1.165, 1.54) is 8.61 Å². The van der Waals surface area contributed by atoms with Crippen LogP contribution in [0.4, 0.5) is 0 Å². The van der Waals surface area contributed by atoms with Gasteiger partial charge in [-0.25, -0.2) is 16.8 Å². The zero-order chi connectivity index (χ0) is 21.2. The molecular formula is C22H24N2O4S2. The molecule has 4 rings (SSSR count). The van der Waals surface area contributed by atoms with Gasteiger partial charge in [-0.1, -0.05) is 48.6 Å². The van der Waals surface area contributed by atoms with Crippen molar-refractivity contribution in [1.82, 2.24) is 8.61 Å². The van der Waals surface area contributed by atoms with Gasteiger partial charge in [-0.15, -0.1) is 0 Å². The molecule has 0 saturated carbocycles. The van der Waals surface area contributed by atoms with Crippen LogP contribution in [-0.4, -0.2) is 44.6 Å². The Morgan fingerprint density at radius 3 is 2.00 bits per heavy atom. The zero-order valence-corrected chi connectivity index (χ0v) is 18.1. The molecule has 2 heterocycles. The van der Waals surface area contributed by atoms with Crippen LogP contribution in [0.25, 0.3) is 0 Å². The third-order valence-corrected chi connectivity index (χ3v) is 9.05. The summed E-state index contributed by atoms with van der Waals surface area (Å²) in [5.74, 6) is 0. The molecule has 2 aromatic rings. The molecule has 0 N–H and O–H groups in total. The van der Waals surface area contributed by atoms with Crippen LogP contribution in [0.5, 0.6) is 0 Å². The second-order valence-electron chi connectivity index (χ2n) is 7.33. The van der Waals surface area contributed by atoms with Gasteiger partial charge in [0.2, 0.25) is 10.0 Å². The summed E-state index contributed by atoms with van der Waals surface area (Å²) in [6.07, 6.45) is 7.38. The molecular weight excluding hydrogens is 420 g/mol.